The fourth-order valence-corrected chi connectivity index (χ4v) is 8.05. The molecule has 222 valence electrons. The van der Waals surface area contributed by atoms with Gasteiger partial charge in [-0.3, -0.25) is 0 Å². The maximum atomic E-state index is 6.73. The van der Waals surface area contributed by atoms with Gasteiger partial charge in [0, 0.05) is 11.1 Å². The van der Waals surface area contributed by atoms with Crippen LogP contribution in [0.1, 0.15) is 11.1 Å². The molecule has 44 heavy (non-hydrogen) atoms. The average molecular weight is 611 g/mol. The van der Waals surface area contributed by atoms with Gasteiger partial charge in [-0.05, 0) is 71.8 Å². The molecule has 0 radical (unpaired) electrons. The standard InChI is InChI=1S/C40H42O2Si2/c1-27-9-15-31(16-10-27)41-37-23-13-29-25-33(43(3,4)5)19-21-35(29)39(37)40-36-22-20-34(44(6,7)8)26-30(36)14-24-38(40)42-32-17-11-28(2)12-18-32/h9-26H,1-8H3. The second kappa shape index (κ2) is 11.4. The van der Waals surface area contributed by atoms with E-state index >= 15 is 0 Å². The summed E-state index contributed by atoms with van der Waals surface area (Å²) in [4.78, 5) is 0. The second-order valence-electron chi connectivity index (χ2n) is 14.1. The monoisotopic (exact) mass is 610 g/mol. The van der Waals surface area contributed by atoms with Crippen LogP contribution in [0.4, 0.5) is 0 Å². The summed E-state index contributed by atoms with van der Waals surface area (Å²) in [7, 11) is -3.03. The van der Waals surface area contributed by atoms with Gasteiger partial charge in [0.2, 0.25) is 0 Å². The van der Waals surface area contributed by atoms with Gasteiger partial charge in [0.25, 0.3) is 0 Å². The molecule has 0 fully saturated rings. The Kier molecular flexibility index (Phi) is 7.77. The van der Waals surface area contributed by atoms with Crippen molar-refractivity contribution in [3.05, 3.63) is 120 Å². The number of ether oxygens (including phenoxy) is 2. The van der Waals surface area contributed by atoms with E-state index in [0.29, 0.717) is 0 Å². The van der Waals surface area contributed by atoms with Gasteiger partial charge in [0.15, 0.2) is 0 Å². The maximum Gasteiger partial charge on any atom is 0.136 e. The Morgan fingerprint density at radius 2 is 0.773 bits per heavy atom. The Balaban J connectivity index is 1.67. The molecule has 6 aromatic carbocycles. The van der Waals surface area contributed by atoms with E-state index in [4.69, 9.17) is 9.47 Å². The lowest BCUT2D eigenvalue weighted by Gasteiger charge is -2.22. The zero-order valence-electron chi connectivity index (χ0n) is 27.2. The van der Waals surface area contributed by atoms with Crippen LogP contribution in [0.3, 0.4) is 0 Å². The molecular formula is C40H42O2Si2. The van der Waals surface area contributed by atoms with Crippen molar-refractivity contribution in [3.8, 4) is 34.1 Å². The zero-order chi connectivity index (χ0) is 31.2. The number of aryl methyl sites for hydroxylation is 2. The molecule has 0 aliphatic carbocycles. The molecule has 0 saturated carbocycles. The van der Waals surface area contributed by atoms with Crippen molar-refractivity contribution in [2.75, 3.05) is 0 Å². The Labute approximate surface area is 264 Å². The van der Waals surface area contributed by atoms with Crippen LogP contribution in [0.5, 0.6) is 23.0 Å². The molecule has 0 atom stereocenters. The Bertz CT molecular complexity index is 1830. The summed E-state index contributed by atoms with van der Waals surface area (Å²) in [5, 5.41) is 7.63. The number of hydrogen-bond acceptors (Lipinski definition) is 2. The molecule has 0 heterocycles. The van der Waals surface area contributed by atoms with Crippen molar-refractivity contribution in [3.63, 3.8) is 0 Å². The smallest absolute Gasteiger partial charge is 0.136 e. The summed E-state index contributed by atoms with van der Waals surface area (Å²) >= 11 is 0. The zero-order valence-corrected chi connectivity index (χ0v) is 29.2. The molecule has 0 N–H and O–H groups in total. The molecule has 0 saturated heterocycles. The van der Waals surface area contributed by atoms with E-state index < -0.39 is 16.1 Å². The molecule has 0 unspecified atom stereocenters. The molecule has 6 aromatic rings. The number of rotatable bonds is 7. The first-order valence-corrected chi connectivity index (χ1v) is 22.5. The van der Waals surface area contributed by atoms with Crippen LogP contribution in [-0.2, 0) is 0 Å². The molecule has 0 aliphatic rings. The minimum Gasteiger partial charge on any atom is -0.457 e. The summed E-state index contributed by atoms with van der Waals surface area (Å²) in [5.41, 5.74) is 4.52. The third-order valence-corrected chi connectivity index (χ3v) is 12.5. The van der Waals surface area contributed by atoms with Gasteiger partial charge in [0.05, 0.1) is 16.1 Å². The van der Waals surface area contributed by atoms with Crippen LogP contribution in [0, 0.1) is 13.8 Å². The fraction of sp³-hybridized carbons (Fsp3) is 0.200. The predicted molar refractivity (Wildman–Crippen MR) is 195 cm³/mol. The van der Waals surface area contributed by atoms with Crippen LogP contribution in [0.25, 0.3) is 32.7 Å². The highest BCUT2D eigenvalue weighted by atomic mass is 28.3. The summed E-state index contributed by atoms with van der Waals surface area (Å²) in [6.45, 7) is 18.6. The predicted octanol–water partition coefficient (Wildman–Crippen LogP) is 11.0. The third kappa shape index (κ3) is 6.10. The first-order valence-electron chi connectivity index (χ1n) is 15.5. The number of benzene rings is 6. The number of fused-ring (bicyclic) bond motifs is 2. The van der Waals surface area contributed by atoms with Crippen molar-refractivity contribution < 1.29 is 9.47 Å². The van der Waals surface area contributed by atoms with Gasteiger partial charge in [-0.25, -0.2) is 0 Å². The van der Waals surface area contributed by atoms with Gasteiger partial charge in [-0.15, -0.1) is 0 Å². The van der Waals surface area contributed by atoms with Gasteiger partial charge in [-0.2, -0.15) is 0 Å². The van der Waals surface area contributed by atoms with E-state index in [9.17, 15) is 0 Å². The molecule has 0 aromatic heterocycles. The maximum absolute atomic E-state index is 6.73. The van der Waals surface area contributed by atoms with Gasteiger partial charge >= 0.3 is 0 Å². The quantitative estimate of drug-likeness (QED) is 0.167. The molecule has 0 bridgehead atoms. The highest BCUT2D eigenvalue weighted by Gasteiger charge is 2.24. The van der Waals surface area contributed by atoms with Gasteiger partial charge in [-0.1, -0.05) is 134 Å². The minimum atomic E-state index is -1.51. The largest absolute Gasteiger partial charge is 0.457 e. The van der Waals surface area contributed by atoms with E-state index in [1.165, 1.54) is 32.3 Å². The van der Waals surface area contributed by atoms with Crippen molar-refractivity contribution in [1.29, 1.82) is 0 Å². The summed E-state index contributed by atoms with van der Waals surface area (Å²) in [6, 6.07) is 39.3. The molecule has 0 aliphatic heterocycles. The van der Waals surface area contributed by atoms with Crippen LogP contribution >= 0.6 is 0 Å². The molecule has 4 heteroatoms. The van der Waals surface area contributed by atoms with E-state index in [1.54, 1.807) is 0 Å². The summed E-state index contributed by atoms with van der Waals surface area (Å²) in [5.74, 6) is 3.27. The Hall–Kier alpha value is -4.13. The second-order valence-corrected chi connectivity index (χ2v) is 24.2. The Morgan fingerprint density at radius 1 is 0.409 bits per heavy atom. The third-order valence-electron chi connectivity index (χ3n) is 8.44. The van der Waals surface area contributed by atoms with E-state index in [0.717, 1.165) is 44.9 Å². The first kappa shape index (κ1) is 29.9. The summed E-state index contributed by atoms with van der Waals surface area (Å²) < 4.78 is 13.5. The van der Waals surface area contributed by atoms with Crippen molar-refractivity contribution in [2.45, 2.75) is 53.1 Å². The fourth-order valence-electron chi connectivity index (χ4n) is 5.71. The van der Waals surface area contributed by atoms with Crippen LogP contribution in [0.2, 0.25) is 39.3 Å². The molecule has 0 spiro atoms. The lowest BCUT2D eigenvalue weighted by atomic mass is 9.92. The molecular weight excluding hydrogens is 569 g/mol. The van der Waals surface area contributed by atoms with Crippen molar-refractivity contribution in [1.82, 2.24) is 0 Å². The first-order chi connectivity index (χ1) is 20.9. The van der Waals surface area contributed by atoms with Crippen LogP contribution < -0.4 is 19.8 Å². The highest BCUT2D eigenvalue weighted by molar-refractivity contribution is 6.89. The summed E-state index contributed by atoms with van der Waals surface area (Å²) in [6.07, 6.45) is 0. The SMILES string of the molecule is Cc1ccc(Oc2ccc3cc([Si](C)(C)C)ccc3c2-c2c(Oc3ccc(C)cc3)ccc3cc([Si](C)(C)C)ccc23)cc1. The van der Waals surface area contributed by atoms with E-state index in [-0.39, 0.29) is 0 Å². The van der Waals surface area contributed by atoms with Crippen molar-refractivity contribution in [2.24, 2.45) is 0 Å². The highest BCUT2D eigenvalue weighted by Crippen LogP contribution is 2.47. The lowest BCUT2D eigenvalue weighted by Crippen LogP contribution is -2.37. The average Bonchev–Trinajstić information content (AvgIpc) is 2.98. The van der Waals surface area contributed by atoms with Crippen LogP contribution in [-0.4, -0.2) is 16.1 Å². The van der Waals surface area contributed by atoms with Gasteiger partial charge in [0.1, 0.15) is 23.0 Å². The normalized spacial score (nSPS) is 12.1. The van der Waals surface area contributed by atoms with E-state index in [1.807, 2.05) is 24.3 Å². The Morgan fingerprint density at radius 3 is 1.11 bits per heavy atom. The molecule has 0 amide bonds. The van der Waals surface area contributed by atoms with E-state index in [2.05, 4.69) is 138 Å². The molecule has 6 rings (SSSR count). The van der Waals surface area contributed by atoms with Crippen molar-refractivity contribution >= 4 is 48.1 Å². The molecule has 2 nitrogen and oxygen atoms in total. The number of hydrogen-bond donors (Lipinski definition) is 0. The topological polar surface area (TPSA) is 18.5 Å². The van der Waals surface area contributed by atoms with Crippen LogP contribution in [0.15, 0.2) is 109 Å². The minimum absolute atomic E-state index is 0.817. The van der Waals surface area contributed by atoms with Gasteiger partial charge < -0.3 is 9.47 Å². The lowest BCUT2D eigenvalue weighted by molar-refractivity contribution is 0.478.